The smallest absolute Gasteiger partial charge is 0.0666 e. The van der Waals surface area contributed by atoms with E-state index in [4.69, 9.17) is 4.74 Å². The molecule has 96 valence electrons. The Kier molecular flexibility index (Phi) is 5.62. The molecule has 16 heavy (non-hydrogen) atoms. The summed E-state index contributed by atoms with van der Waals surface area (Å²) in [5, 5.41) is 5.00. The summed E-state index contributed by atoms with van der Waals surface area (Å²) in [5.41, 5.74) is 0.270. The molecule has 1 aliphatic heterocycles. The molecule has 3 unspecified atom stereocenters. The van der Waals surface area contributed by atoms with Gasteiger partial charge < -0.3 is 10.1 Å². The Labute approximate surface area is 105 Å². The van der Waals surface area contributed by atoms with Gasteiger partial charge in [0.05, 0.1) is 6.10 Å². The Morgan fingerprint density at radius 2 is 2.19 bits per heavy atom. The van der Waals surface area contributed by atoms with Crippen molar-refractivity contribution in [2.24, 2.45) is 0 Å². The third-order valence-corrected chi connectivity index (χ3v) is 5.07. The first-order valence-electron chi connectivity index (χ1n) is 6.46. The first-order chi connectivity index (χ1) is 7.44. The highest BCUT2D eigenvalue weighted by molar-refractivity contribution is 8.00. The van der Waals surface area contributed by atoms with Crippen molar-refractivity contribution in [2.75, 3.05) is 13.2 Å². The molecule has 0 saturated carbocycles. The van der Waals surface area contributed by atoms with Gasteiger partial charge in [0.25, 0.3) is 0 Å². The maximum atomic E-state index is 5.59. The molecule has 1 N–H and O–H groups in total. The van der Waals surface area contributed by atoms with E-state index in [0.29, 0.717) is 16.6 Å². The SMILES string of the molecule is CCC(C)(C)NCC(C)SC1CCOC1C. The molecular weight excluding hydrogens is 218 g/mol. The van der Waals surface area contributed by atoms with Crippen molar-refractivity contribution >= 4 is 11.8 Å². The third-order valence-electron chi connectivity index (χ3n) is 3.47. The van der Waals surface area contributed by atoms with Crippen molar-refractivity contribution < 1.29 is 4.74 Å². The Bertz CT molecular complexity index is 208. The van der Waals surface area contributed by atoms with E-state index in [2.05, 4.69) is 51.7 Å². The van der Waals surface area contributed by atoms with E-state index in [1.54, 1.807) is 0 Å². The van der Waals surface area contributed by atoms with Crippen molar-refractivity contribution in [1.29, 1.82) is 0 Å². The van der Waals surface area contributed by atoms with Crippen LogP contribution in [-0.4, -0.2) is 35.3 Å². The summed E-state index contributed by atoms with van der Waals surface area (Å²) < 4.78 is 5.59. The van der Waals surface area contributed by atoms with Crippen LogP contribution < -0.4 is 5.32 Å². The van der Waals surface area contributed by atoms with E-state index in [-0.39, 0.29) is 5.54 Å². The van der Waals surface area contributed by atoms with Crippen LogP contribution in [0.3, 0.4) is 0 Å². The minimum Gasteiger partial charge on any atom is -0.377 e. The highest BCUT2D eigenvalue weighted by atomic mass is 32.2. The van der Waals surface area contributed by atoms with Crippen LogP contribution in [0, 0.1) is 0 Å². The molecule has 0 radical (unpaired) electrons. The highest BCUT2D eigenvalue weighted by Gasteiger charge is 2.26. The lowest BCUT2D eigenvalue weighted by Crippen LogP contribution is -2.42. The molecule has 0 aromatic carbocycles. The van der Waals surface area contributed by atoms with Gasteiger partial charge in [0.15, 0.2) is 0 Å². The first-order valence-corrected chi connectivity index (χ1v) is 7.41. The molecular formula is C13H27NOS. The lowest BCUT2D eigenvalue weighted by atomic mass is 10.0. The second-order valence-corrected chi connectivity index (χ2v) is 7.15. The minimum atomic E-state index is 0.270. The quantitative estimate of drug-likeness (QED) is 0.777. The van der Waals surface area contributed by atoms with Crippen LogP contribution in [0.5, 0.6) is 0 Å². The molecule has 1 aliphatic rings. The van der Waals surface area contributed by atoms with E-state index < -0.39 is 0 Å². The molecule has 1 fully saturated rings. The second-order valence-electron chi connectivity index (χ2n) is 5.47. The van der Waals surface area contributed by atoms with Gasteiger partial charge in [-0.2, -0.15) is 11.8 Å². The van der Waals surface area contributed by atoms with Gasteiger partial charge in [0, 0.05) is 29.2 Å². The molecule has 1 heterocycles. The highest BCUT2D eigenvalue weighted by Crippen LogP contribution is 2.29. The lowest BCUT2D eigenvalue weighted by molar-refractivity contribution is 0.127. The summed E-state index contributed by atoms with van der Waals surface area (Å²) in [6.07, 6.45) is 2.83. The molecule has 2 nitrogen and oxygen atoms in total. The molecule has 1 saturated heterocycles. The molecule has 3 heteroatoms. The summed E-state index contributed by atoms with van der Waals surface area (Å²) in [6.45, 7) is 13.3. The maximum absolute atomic E-state index is 5.59. The monoisotopic (exact) mass is 245 g/mol. The minimum absolute atomic E-state index is 0.270. The van der Waals surface area contributed by atoms with Crippen LogP contribution in [0.25, 0.3) is 0 Å². The zero-order valence-electron chi connectivity index (χ0n) is 11.4. The maximum Gasteiger partial charge on any atom is 0.0666 e. The third kappa shape index (κ3) is 4.64. The van der Waals surface area contributed by atoms with Gasteiger partial charge in [0.1, 0.15) is 0 Å². The van der Waals surface area contributed by atoms with Crippen molar-refractivity contribution in [3.8, 4) is 0 Å². The Hall–Kier alpha value is 0.270. The molecule has 0 bridgehead atoms. The van der Waals surface area contributed by atoms with Gasteiger partial charge in [-0.05, 0) is 33.6 Å². The van der Waals surface area contributed by atoms with Gasteiger partial charge in [-0.3, -0.25) is 0 Å². The van der Waals surface area contributed by atoms with E-state index >= 15 is 0 Å². The molecule has 0 aromatic heterocycles. The molecule has 0 aliphatic carbocycles. The summed E-state index contributed by atoms with van der Waals surface area (Å²) in [4.78, 5) is 0. The number of hydrogen-bond donors (Lipinski definition) is 1. The second kappa shape index (κ2) is 6.27. The fourth-order valence-corrected chi connectivity index (χ4v) is 3.09. The van der Waals surface area contributed by atoms with Crippen LogP contribution >= 0.6 is 11.8 Å². The molecule has 0 spiro atoms. The van der Waals surface area contributed by atoms with Crippen LogP contribution in [0.15, 0.2) is 0 Å². The predicted octanol–water partition coefficient (Wildman–Crippen LogP) is 3.06. The van der Waals surface area contributed by atoms with E-state index in [1.165, 1.54) is 12.8 Å². The standard InChI is InChI=1S/C13H27NOS/c1-6-13(4,5)14-9-10(2)16-12-7-8-15-11(12)3/h10-12,14H,6-9H2,1-5H3. The number of nitrogens with one attached hydrogen (secondary N) is 1. The Morgan fingerprint density at radius 3 is 2.69 bits per heavy atom. The zero-order valence-corrected chi connectivity index (χ0v) is 12.2. The van der Waals surface area contributed by atoms with Crippen LogP contribution in [0.1, 0.15) is 47.5 Å². The number of thioether (sulfide) groups is 1. The van der Waals surface area contributed by atoms with Crippen LogP contribution in [-0.2, 0) is 4.74 Å². The van der Waals surface area contributed by atoms with Crippen LogP contribution in [0.4, 0.5) is 0 Å². The average Bonchev–Trinajstić information content (AvgIpc) is 2.62. The molecule has 0 aromatic rings. The van der Waals surface area contributed by atoms with Gasteiger partial charge in [0.2, 0.25) is 0 Å². The van der Waals surface area contributed by atoms with Gasteiger partial charge in [-0.1, -0.05) is 13.8 Å². The topological polar surface area (TPSA) is 21.3 Å². The van der Waals surface area contributed by atoms with Crippen molar-refractivity contribution in [2.45, 2.75) is 69.6 Å². The summed E-state index contributed by atoms with van der Waals surface area (Å²) >= 11 is 2.08. The Morgan fingerprint density at radius 1 is 1.50 bits per heavy atom. The number of ether oxygens (including phenoxy) is 1. The van der Waals surface area contributed by atoms with Gasteiger partial charge >= 0.3 is 0 Å². The van der Waals surface area contributed by atoms with E-state index in [0.717, 1.165) is 13.2 Å². The fraction of sp³-hybridized carbons (Fsp3) is 1.00. The van der Waals surface area contributed by atoms with Crippen LogP contribution in [0.2, 0.25) is 0 Å². The average molecular weight is 245 g/mol. The van der Waals surface area contributed by atoms with Crippen molar-refractivity contribution in [3.63, 3.8) is 0 Å². The zero-order chi connectivity index (χ0) is 12.2. The van der Waals surface area contributed by atoms with Gasteiger partial charge in [-0.15, -0.1) is 0 Å². The fourth-order valence-electron chi connectivity index (χ4n) is 1.78. The summed E-state index contributed by atoms with van der Waals surface area (Å²) in [7, 11) is 0. The molecule has 0 amide bonds. The van der Waals surface area contributed by atoms with E-state index in [9.17, 15) is 0 Å². The molecule has 1 rings (SSSR count). The van der Waals surface area contributed by atoms with Crippen molar-refractivity contribution in [1.82, 2.24) is 5.32 Å². The van der Waals surface area contributed by atoms with E-state index in [1.807, 2.05) is 0 Å². The predicted molar refractivity (Wildman–Crippen MR) is 73.2 cm³/mol. The number of hydrogen-bond acceptors (Lipinski definition) is 3. The summed E-state index contributed by atoms with van der Waals surface area (Å²) in [6, 6.07) is 0. The largest absolute Gasteiger partial charge is 0.377 e. The first kappa shape index (κ1) is 14.3. The lowest BCUT2D eigenvalue weighted by Gasteiger charge is -2.27. The number of rotatable bonds is 6. The summed E-state index contributed by atoms with van der Waals surface area (Å²) in [5.74, 6) is 0. The molecule has 3 atom stereocenters. The Balaban J connectivity index is 2.22. The van der Waals surface area contributed by atoms with Gasteiger partial charge in [-0.25, -0.2) is 0 Å². The van der Waals surface area contributed by atoms with Crippen molar-refractivity contribution in [3.05, 3.63) is 0 Å². The normalized spacial score (nSPS) is 28.3.